The van der Waals surface area contributed by atoms with Gasteiger partial charge in [-0.3, -0.25) is 9.48 Å². The standard InChI is InChI=1S/C19H33N5O2/c1-16(2)26-15-14-23-12-4-17(5-13-23)22-18(25)19(6-9-20-10-7-19)24-11-3-8-21-24/h3,8,11,16-17,20H,4-7,9-10,12-15H2,1-2H3,(H,22,25). The number of nitrogens with one attached hydrogen (secondary N) is 2. The first-order chi connectivity index (χ1) is 12.6. The SMILES string of the molecule is CC(C)OCCN1CCC(NC(=O)C2(n3cccn3)CCNCC2)CC1. The summed E-state index contributed by atoms with van der Waals surface area (Å²) in [4.78, 5) is 15.6. The van der Waals surface area contributed by atoms with E-state index >= 15 is 0 Å². The maximum atomic E-state index is 13.2. The van der Waals surface area contributed by atoms with Crippen molar-refractivity contribution in [3.05, 3.63) is 18.5 Å². The van der Waals surface area contributed by atoms with Gasteiger partial charge in [-0.2, -0.15) is 5.10 Å². The summed E-state index contributed by atoms with van der Waals surface area (Å²) in [6.45, 7) is 9.62. The lowest BCUT2D eigenvalue weighted by atomic mass is 9.86. The lowest BCUT2D eigenvalue weighted by Gasteiger charge is -2.39. The third kappa shape index (κ3) is 4.64. The Labute approximate surface area is 156 Å². The van der Waals surface area contributed by atoms with Crippen molar-refractivity contribution < 1.29 is 9.53 Å². The average Bonchev–Trinajstić information content (AvgIpc) is 3.18. The van der Waals surface area contributed by atoms with Gasteiger partial charge in [0.2, 0.25) is 5.91 Å². The van der Waals surface area contributed by atoms with E-state index in [9.17, 15) is 4.79 Å². The van der Waals surface area contributed by atoms with Gasteiger partial charge >= 0.3 is 0 Å². The molecule has 0 unspecified atom stereocenters. The molecule has 3 heterocycles. The monoisotopic (exact) mass is 363 g/mol. The van der Waals surface area contributed by atoms with Crippen molar-refractivity contribution in [3.8, 4) is 0 Å². The van der Waals surface area contributed by atoms with Gasteiger partial charge in [-0.25, -0.2) is 0 Å². The fourth-order valence-corrected chi connectivity index (χ4v) is 3.96. The topological polar surface area (TPSA) is 71.4 Å². The molecule has 146 valence electrons. The maximum absolute atomic E-state index is 13.2. The molecule has 1 aromatic heterocycles. The Hall–Kier alpha value is -1.44. The maximum Gasteiger partial charge on any atom is 0.248 e. The van der Waals surface area contributed by atoms with Gasteiger partial charge in [0.1, 0.15) is 5.54 Å². The summed E-state index contributed by atoms with van der Waals surface area (Å²) in [7, 11) is 0. The van der Waals surface area contributed by atoms with Crippen LogP contribution < -0.4 is 10.6 Å². The van der Waals surface area contributed by atoms with E-state index in [2.05, 4.69) is 34.5 Å². The lowest BCUT2D eigenvalue weighted by molar-refractivity contribution is -0.133. The summed E-state index contributed by atoms with van der Waals surface area (Å²) in [5, 5.41) is 11.1. The molecule has 0 spiro atoms. The molecule has 2 saturated heterocycles. The Morgan fingerprint density at radius 1 is 1.35 bits per heavy atom. The largest absolute Gasteiger partial charge is 0.377 e. The number of hydrogen-bond acceptors (Lipinski definition) is 5. The predicted octanol–water partition coefficient (Wildman–Crippen LogP) is 0.967. The highest BCUT2D eigenvalue weighted by Crippen LogP contribution is 2.28. The van der Waals surface area contributed by atoms with Crippen molar-refractivity contribution in [1.82, 2.24) is 25.3 Å². The zero-order chi connectivity index (χ0) is 18.4. The van der Waals surface area contributed by atoms with E-state index in [1.807, 2.05) is 16.9 Å². The molecule has 0 saturated carbocycles. The van der Waals surface area contributed by atoms with Crippen LogP contribution in [0, 0.1) is 0 Å². The summed E-state index contributed by atoms with van der Waals surface area (Å²) in [6.07, 6.45) is 7.53. The van der Waals surface area contributed by atoms with Crippen LogP contribution in [0.25, 0.3) is 0 Å². The van der Waals surface area contributed by atoms with Crippen LogP contribution >= 0.6 is 0 Å². The molecule has 3 rings (SSSR count). The molecule has 1 aromatic rings. The number of nitrogens with zero attached hydrogens (tertiary/aromatic N) is 3. The zero-order valence-corrected chi connectivity index (χ0v) is 16.1. The summed E-state index contributed by atoms with van der Waals surface area (Å²) in [6, 6.07) is 2.15. The minimum atomic E-state index is -0.545. The molecule has 0 radical (unpaired) electrons. The van der Waals surface area contributed by atoms with Crippen molar-refractivity contribution in [1.29, 1.82) is 0 Å². The Morgan fingerprint density at radius 2 is 2.08 bits per heavy atom. The molecule has 2 N–H and O–H groups in total. The van der Waals surface area contributed by atoms with Gasteiger partial charge in [0.25, 0.3) is 0 Å². The van der Waals surface area contributed by atoms with Gasteiger partial charge in [0.05, 0.1) is 12.7 Å². The fraction of sp³-hybridized carbons (Fsp3) is 0.789. The van der Waals surface area contributed by atoms with E-state index in [-0.39, 0.29) is 18.1 Å². The first-order valence-corrected chi connectivity index (χ1v) is 9.96. The number of piperidine rings is 2. The van der Waals surface area contributed by atoms with Crippen LogP contribution in [0.5, 0.6) is 0 Å². The molecule has 0 aromatic carbocycles. The smallest absolute Gasteiger partial charge is 0.248 e. The first kappa shape index (κ1) is 19.3. The highest BCUT2D eigenvalue weighted by molar-refractivity contribution is 5.84. The van der Waals surface area contributed by atoms with Gasteiger partial charge in [-0.15, -0.1) is 0 Å². The van der Waals surface area contributed by atoms with Crippen molar-refractivity contribution in [3.63, 3.8) is 0 Å². The first-order valence-electron chi connectivity index (χ1n) is 9.96. The average molecular weight is 364 g/mol. The van der Waals surface area contributed by atoms with Crippen molar-refractivity contribution >= 4 is 5.91 Å². The Kier molecular flexibility index (Phi) is 6.67. The molecular formula is C19H33N5O2. The highest BCUT2D eigenvalue weighted by atomic mass is 16.5. The summed E-state index contributed by atoms with van der Waals surface area (Å²) in [5.41, 5.74) is -0.545. The third-order valence-electron chi connectivity index (χ3n) is 5.58. The minimum absolute atomic E-state index is 0.129. The molecule has 7 nitrogen and oxygen atoms in total. The van der Waals surface area contributed by atoms with Crippen LogP contribution in [-0.4, -0.2) is 72.1 Å². The number of aromatic nitrogens is 2. The molecule has 0 atom stereocenters. The van der Waals surface area contributed by atoms with E-state index in [0.717, 1.165) is 65.0 Å². The van der Waals surface area contributed by atoms with Gasteiger partial charge in [-0.1, -0.05) is 0 Å². The molecule has 2 aliphatic heterocycles. The van der Waals surface area contributed by atoms with Crippen LogP contribution in [0.15, 0.2) is 18.5 Å². The summed E-state index contributed by atoms with van der Waals surface area (Å²) < 4.78 is 7.51. The van der Waals surface area contributed by atoms with Crippen molar-refractivity contribution in [2.45, 2.75) is 57.2 Å². The van der Waals surface area contributed by atoms with E-state index < -0.39 is 5.54 Å². The third-order valence-corrected chi connectivity index (χ3v) is 5.58. The second-order valence-corrected chi connectivity index (χ2v) is 7.74. The van der Waals surface area contributed by atoms with Gasteiger partial charge in [-0.05, 0) is 58.7 Å². The number of likely N-dealkylation sites (tertiary alicyclic amines) is 1. The Balaban J connectivity index is 1.51. The van der Waals surface area contributed by atoms with E-state index in [4.69, 9.17) is 4.74 Å². The second-order valence-electron chi connectivity index (χ2n) is 7.74. The number of amides is 1. The fourth-order valence-electron chi connectivity index (χ4n) is 3.96. The van der Waals surface area contributed by atoms with Crippen molar-refractivity contribution in [2.24, 2.45) is 0 Å². The van der Waals surface area contributed by atoms with Crippen molar-refractivity contribution in [2.75, 3.05) is 39.3 Å². The van der Waals surface area contributed by atoms with Gasteiger partial charge in [0, 0.05) is 38.1 Å². The molecule has 7 heteroatoms. The number of rotatable bonds is 7. The molecule has 0 aliphatic carbocycles. The van der Waals surface area contributed by atoms with E-state index in [1.165, 1.54) is 0 Å². The zero-order valence-electron chi connectivity index (χ0n) is 16.1. The summed E-state index contributed by atoms with van der Waals surface area (Å²) >= 11 is 0. The van der Waals surface area contributed by atoms with E-state index in [1.54, 1.807) is 6.20 Å². The Morgan fingerprint density at radius 3 is 2.69 bits per heavy atom. The van der Waals surface area contributed by atoms with Crippen LogP contribution in [0.1, 0.15) is 39.5 Å². The number of hydrogen-bond donors (Lipinski definition) is 2. The van der Waals surface area contributed by atoms with Crippen LogP contribution in [0.3, 0.4) is 0 Å². The lowest BCUT2D eigenvalue weighted by Crippen LogP contribution is -2.57. The molecular weight excluding hydrogens is 330 g/mol. The quantitative estimate of drug-likeness (QED) is 0.755. The van der Waals surface area contributed by atoms with Gasteiger partial charge in [0.15, 0.2) is 0 Å². The van der Waals surface area contributed by atoms with E-state index in [0.29, 0.717) is 0 Å². The molecule has 0 bridgehead atoms. The van der Waals surface area contributed by atoms with Gasteiger partial charge < -0.3 is 20.3 Å². The minimum Gasteiger partial charge on any atom is -0.377 e. The number of ether oxygens (including phenoxy) is 1. The molecule has 1 amide bonds. The Bertz CT molecular complexity index is 546. The number of carbonyl (C=O) groups is 1. The normalized spacial score (nSPS) is 21.8. The van der Waals surface area contributed by atoms with Crippen LogP contribution in [0.4, 0.5) is 0 Å². The molecule has 2 aliphatic rings. The predicted molar refractivity (Wildman–Crippen MR) is 101 cm³/mol. The van der Waals surface area contributed by atoms with Crippen LogP contribution in [-0.2, 0) is 15.1 Å². The number of carbonyl (C=O) groups excluding carboxylic acids is 1. The summed E-state index contributed by atoms with van der Waals surface area (Å²) in [5.74, 6) is 0.129. The van der Waals surface area contributed by atoms with Crippen LogP contribution in [0.2, 0.25) is 0 Å². The second kappa shape index (κ2) is 8.97. The molecule has 2 fully saturated rings. The highest BCUT2D eigenvalue weighted by Gasteiger charge is 2.42. The molecule has 26 heavy (non-hydrogen) atoms.